The lowest BCUT2D eigenvalue weighted by Gasteiger charge is -2.36. The van der Waals surface area contributed by atoms with Crippen LogP contribution in [0, 0.1) is 0 Å². The second-order valence-electron chi connectivity index (χ2n) is 8.79. The summed E-state index contributed by atoms with van der Waals surface area (Å²) in [6.45, 7) is 7.87. The topological polar surface area (TPSA) is 58.0 Å². The van der Waals surface area contributed by atoms with E-state index in [9.17, 15) is 4.79 Å². The minimum Gasteiger partial charge on any atom is -0.451 e. The zero-order valence-corrected chi connectivity index (χ0v) is 20.1. The van der Waals surface area contributed by atoms with Crippen molar-refractivity contribution in [3.63, 3.8) is 0 Å². The lowest BCUT2D eigenvalue weighted by Crippen LogP contribution is -2.45. The van der Waals surface area contributed by atoms with Crippen molar-refractivity contribution in [3.8, 4) is 0 Å². The third-order valence-electron chi connectivity index (χ3n) is 6.47. The van der Waals surface area contributed by atoms with Gasteiger partial charge in [-0.05, 0) is 42.8 Å². The molecule has 180 valence electrons. The minimum absolute atomic E-state index is 0.266. The molecule has 35 heavy (non-hydrogen) atoms. The molecule has 0 saturated carbocycles. The number of hydrogen-bond donors (Lipinski definition) is 1. The molecule has 1 aromatic heterocycles. The molecule has 0 unspecified atom stereocenters. The number of anilines is 2. The normalized spacial score (nSPS) is 14.4. The van der Waals surface area contributed by atoms with Gasteiger partial charge in [0.1, 0.15) is 5.58 Å². The van der Waals surface area contributed by atoms with E-state index in [2.05, 4.69) is 57.6 Å². The van der Waals surface area contributed by atoms with Crippen molar-refractivity contribution >= 4 is 28.3 Å². The van der Waals surface area contributed by atoms with Crippen LogP contribution in [0.15, 0.2) is 83.3 Å². The van der Waals surface area contributed by atoms with Crippen LogP contribution in [0.5, 0.6) is 0 Å². The molecule has 0 atom stereocenters. The maximum atomic E-state index is 13.1. The number of ether oxygens (including phenoxy) is 1. The van der Waals surface area contributed by atoms with Crippen molar-refractivity contribution < 1.29 is 13.9 Å². The Morgan fingerprint density at radius 3 is 2.37 bits per heavy atom. The van der Waals surface area contributed by atoms with Gasteiger partial charge in [0.05, 0.1) is 6.61 Å². The highest BCUT2D eigenvalue weighted by molar-refractivity contribution is 6.06. The van der Waals surface area contributed by atoms with Gasteiger partial charge in [-0.3, -0.25) is 9.69 Å². The van der Waals surface area contributed by atoms with Gasteiger partial charge >= 0.3 is 0 Å². The van der Waals surface area contributed by atoms with Gasteiger partial charge in [0.2, 0.25) is 0 Å². The van der Waals surface area contributed by atoms with Crippen LogP contribution in [0.4, 0.5) is 11.4 Å². The van der Waals surface area contributed by atoms with Crippen LogP contribution in [-0.2, 0) is 17.9 Å². The molecule has 1 saturated heterocycles. The lowest BCUT2D eigenvalue weighted by molar-refractivity contribution is 0.0984. The van der Waals surface area contributed by atoms with Gasteiger partial charge in [-0.25, -0.2) is 0 Å². The molecule has 0 bridgehead atoms. The van der Waals surface area contributed by atoms with Crippen LogP contribution in [0.3, 0.4) is 0 Å². The van der Waals surface area contributed by atoms with Crippen molar-refractivity contribution in [2.24, 2.45) is 0 Å². The van der Waals surface area contributed by atoms with E-state index < -0.39 is 0 Å². The van der Waals surface area contributed by atoms with Gasteiger partial charge in [0, 0.05) is 61.7 Å². The van der Waals surface area contributed by atoms with Crippen LogP contribution < -0.4 is 10.2 Å². The number of carbonyl (C=O) groups is 1. The molecule has 1 aliphatic heterocycles. The van der Waals surface area contributed by atoms with Gasteiger partial charge in [-0.2, -0.15) is 0 Å². The fraction of sp³-hybridized carbons (Fsp3) is 0.276. The molecular weight excluding hydrogens is 438 g/mol. The highest BCUT2D eigenvalue weighted by Crippen LogP contribution is 2.28. The van der Waals surface area contributed by atoms with E-state index in [1.807, 2.05) is 43.3 Å². The van der Waals surface area contributed by atoms with Crippen LogP contribution in [0.1, 0.15) is 28.6 Å². The molecule has 1 amide bonds. The maximum absolute atomic E-state index is 13.1. The van der Waals surface area contributed by atoms with E-state index in [4.69, 9.17) is 9.15 Å². The zero-order chi connectivity index (χ0) is 24.0. The van der Waals surface area contributed by atoms with Gasteiger partial charge in [0.15, 0.2) is 5.76 Å². The zero-order valence-electron chi connectivity index (χ0n) is 20.1. The first-order valence-electron chi connectivity index (χ1n) is 12.2. The third kappa shape index (κ3) is 5.39. The Kier molecular flexibility index (Phi) is 7.12. The number of rotatable bonds is 8. The summed E-state index contributed by atoms with van der Waals surface area (Å²) in [5.74, 6) is 0.0384. The Labute approximate surface area is 206 Å². The third-order valence-corrected chi connectivity index (χ3v) is 6.47. The monoisotopic (exact) mass is 469 g/mol. The number of nitrogens with one attached hydrogen (secondary N) is 1. The summed E-state index contributed by atoms with van der Waals surface area (Å²) in [6.07, 6.45) is 0. The summed E-state index contributed by atoms with van der Waals surface area (Å²) in [6, 6.07) is 26.3. The lowest BCUT2D eigenvalue weighted by atomic mass is 10.1. The number of fused-ring (bicyclic) bond motifs is 1. The largest absolute Gasteiger partial charge is 0.451 e. The van der Waals surface area contributed by atoms with Crippen molar-refractivity contribution in [3.05, 3.63) is 95.7 Å². The van der Waals surface area contributed by atoms with E-state index in [1.54, 1.807) is 0 Å². The summed E-state index contributed by atoms with van der Waals surface area (Å²) in [7, 11) is 0. The molecule has 2 heterocycles. The van der Waals surface area contributed by atoms with Crippen molar-refractivity contribution in [2.45, 2.75) is 20.1 Å². The number of para-hydroxylation sites is 1. The molecule has 4 aromatic rings. The fourth-order valence-electron chi connectivity index (χ4n) is 4.58. The predicted octanol–water partition coefficient (Wildman–Crippen LogP) is 5.54. The van der Waals surface area contributed by atoms with Crippen molar-refractivity contribution in [1.29, 1.82) is 0 Å². The van der Waals surface area contributed by atoms with Gasteiger partial charge in [-0.1, -0.05) is 48.5 Å². The molecule has 0 radical (unpaired) electrons. The molecule has 1 aliphatic rings. The number of hydrogen-bond acceptors (Lipinski definition) is 5. The second kappa shape index (κ2) is 10.8. The number of nitrogens with zero attached hydrogens (tertiary/aromatic N) is 2. The van der Waals surface area contributed by atoms with Crippen LogP contribution >= 0.6 is 0 Å². The number of piperazine rings is 1. The van der Waals surface area contributed by atoms with E-state index >= 15 is 0 Å². The number of furan rings is 1. The number of carbonyl (C=O) groups excluding carboxylic acids is 1. The molecule has 0 aliphatic carbocycles. The van der Waals surface area contributed by atoms with Crippen LogP contribution in [0.2, 0.25) is 0 Å². The van der Waals surface area contributed by atoms with E-state index in [-0.39, 0.29) is 5.91 Å². The first-order chi connectivity index (χ1) is 17.2. The number of amides is 1. The molecule has 0 spiro atoms. The molecular formula is C29H31N3O3. The Hall–Kier alpha value is -3.61. The van der Waals surface area contributed by atoms with Gasteiger partial charge < -0.3 is 19.4 Å². The van der Waals surface area contributed by atoms with Crippen molar-refractivity contribution in [1.82, 2.24) is 4.90 Å². The van der Waals surface area contributed by atoms with E-state index in [0.717, 1.165) is 49.4 Å². The predicted molar refractivity (Wildman–Crippen MR) is 140 cm³/mol. The Bertz CT molecular complexity index is 1260. The Morgan fingerprint density at radius 2 is 1.63 bits per heavy atom. The smallest absolute Gasteiger partial charge is 0.291 e. The maximum Gasteiger partial charge on any atom is 0.291 e. The molecule has 1 fully saturated rings. The molecule has 5 rings (SSSR count). The highest BCUT2D eigenvalue weighted by Gasteiger charge is 2.21. The average Bonchev–Trinajstić information content (AvgIpc) is 3.28. The summed E-state index contributed by atoms with van der Waals surface area (Å²) < 4.78 is 11.5. The first kappa shape index (κ1) is 23.1. The Morgan fingerprint density at radius 1 is 0.914 bits per heavy atom. The summed E-state index contributed by atoms with van der Waals surface area (Å²) >= 11 is 0. The van der Waals surface area contributed by atoms with Gasteiger partial charge in [0.25, 0.3) is 5.91 Å². The molecule has 3 aromatic carbocycles. The number of benzene rings is 3. The van der Waals surface area contributed by atoms with Crippen molar-refractivity contribution in [2.75, 3.05) is 43.0 Å². The minimum atomic E-state index is -0.266. The fourth-order valence-corrected chi connectivity index (χ4v) is 4.58. The average molecular weight is 470 g/mol. The Balaban J connectivity index is 1.21. The van der Waals surface area contributed by atoms with E-state index in [0.29, 0.717) is 24.6 Å². The SMILES string of the molecule is CCOCc1c(C(=O)Nc2ccc(N3CCN(Cc4ccccc4)CC3)cc2)oc2ccccc12. The molecule has 6 nitrogen and oxygen atoms in total. The summed E-state index contributed by atoms with van der Waals surface area (Å²) in [5, 5.41) is 3.90. The van der Waals surface area contributed by atoms with Crippen LogP contribution in [-0.4, -0.2) is 43.6 Å². The molecule has 6 heteroatoms. The van der Waals surface area contributed by atoms with Crippen LogP contribution in [0.25, 0.3) is 11.0 Å². The second-order valence-corrected chi connectivity index (χ2v) is 8.79. The molecule has 1 N–H and O–H groups in total. The summed E-state index contributed by atoms with van der Waals surface area (Å²) in [5.41, 5.74) is 4.74. The van der Waals surface area contributed by atoms with Gasteiger partial charge in [-0.15, -0.1) is 0 Å². The standard InChI is InChI=1S/C29H31N3O3/c1-2-34-21-26-25-10-6-7-11-27(25)35-28(26)29(33)30-23-12-14-24(15-13-23)32-18-16-31(17-19-32)20-22-8-4-3-5-9-22/h3-15H,2,16-21H2,1H3,(H,30,33). The summed E-state index contributed by atoms with van der Waals surface area (Å²) in [4.78, 5) is 18.0. The van der Waals surface area contributed by atoms with E-state index in [1.165, 1.54) is 11.3 Å². The first-order valence-corrected chi connectivity index (χ1v) is 12.2. The quantitative estimate of drug-likeness (QED) is 0.367. The highest BCUT2D eigenvalue weighted by atomic mass is 16.5.